The Morgan fingerprint density at radius 1 is 1.11 bits per heavy atom. The molecule has 0 aliphatic carbocycles. The molecule has 27 heavy (non-hydrogen) atoms. The van der Waals surface area contributed by atoms with Gasteiger partial charge in [0.1, 0.15) is 6.04 Å². The predicted octanol–water partition coefficient (Wildman–Crippen LogP) is 1.88. The number of aryl methyl sites for hydroxylation is 1. The Bertz CT molecular complexity index is 673. The fourth-order valence-electron chi connectivity index (χ4n) is 2.69. The van der Waals surface area contributed by atoms with E-state index in [2.05, 4.69) is 10.6 Å². The van der Waals surface area contributed by atoms with Crippen LogP contribution in [0.15, 0.2) is 18.2 Å². The summed E-state index contributed by atoms with van der Waals surface area (Å²) in [5, 5.41) is 5.55. The van der Waals surface area contributed by atoms with E-state index < -0.39 is 12.0 Å². The van der Waals surface area contributed by atoms with Crippen LogP contribution >= 0.6 is 0 Å². The number of methoxy groups -OCH3 is 1. The number of benzene rings is 1. The lowest BCUT2D eigenvalue weighted by Crippen LogP contribution is -2.46. The standard InChI is InChI=1S/C20H31N3O4/c1-13(2)10-17(20(26)27-6)22-19(25)12-23(5)11-18(24)21-16-9-7-8-14(3)15(16)4/h7-9,13,17H,10-12H2,1-6H3,(H,21,24)(H,22,25)/t17-/m0/s1. The van der Waals surface area contributed by atoms with Crippen molar-refractivity contribution in [2.24, 2.45) is 5.92 Å². The van der Waals surface area contributed by atoms with Crippen molar-refractivity contribution in [3.63, 3.8) is 0 Å². The summed E-state index contributed by atoms with van der Waals surface area (Å²) >= 11 is 0. The molecule has 1 aromatic carbocycles. The van der Waals surface area contributed by atoms with Gasteiger partial charge in [0, 0.05) is 5.69 Å². The summed E-state index contributed by atoms with van der Waals surface area (Å²) in [6, 6.07) is 5.03. The third-order valence-corrected chi connectivity index (χ3v) is 4.23. The first-order valence-electron chi connectivity index (χ1n) is 9.05. The highest BCUT2D eigenvalue weighted by Crippen LogP contribution is 2.17. The molecule has 0 saturated heterocycles. The molecule has 0 aliphatic heterocycles. The molecule has 1 rings (SSSR count). The van der Waals surface area contributed by atoms with E-state index in [4.69, 9.17) is 4.74 Å². The molecular weight excluding hydrogens is 346 g/mol. The molecule has 7 heteroatoms. The maximum atomic E-state index is 12.2. The van der Waals surface area contributed by atoms with Gasteiger partial charge >= 0.3 is 5.97 Å². The molecule has 0 aliphatic rings. The van der Waals surface area contributed by atoms with Gasteiger partial charge in [0.25, 0.3) is 0 Å². The predicted molar refractivity (Wildman–Crippen MR) is 105 cm³/mol. The summed E-state index contributed by atoms with van der Waals surface area (Å²) in [6.07, 6.45) is 0.495. The minimum atomic E-state index is -0.681. The van der Waals surface area contributed by atoms with Crippen LogP contribution in [0.2, 0.25) is 0 Å². The van der Waals surface area contributed by atoms with Crippen LogP contribution in [0, 0.1) is 19.8 Å². The smallest absolute Gasteiger partial charge is 0.328 e. The lowest BCUT2D eigenvalue weighted by atomic mass is 10.0. The van der Waals surface area contributed by atoms with Gasteiger partial charge in [0.15, 0.2) is 0 Å². The number of nitrogens with one attached hydrogen (secondary N) is 2. The first-order chi connectivity index (χ1) is 12.6. The van der Waals surface area contributed by atoms with Crippen molar-refractivity contribution in [3.8, 4) is 0 Å². The molecule has 0 fully saturated rings. The first kappa shape index (κ1) is 22.6. The third kappa shape index (κ3) is 7.78. The van der Waals surface area contributed by atoms with E-state index in [1.54, 1.807) is 11.9 Å². The molecule has 0 saturated carbocycles. The molecule has 2 N–H and O–H groups in total. The number of carbonyl (C=O) groups is 3. The van der Waals surface area contributed by atoms with E-state index in [1.807, 2.05) is 45.9 Å². The minimum absolute atomic E-state index is 0.00576. The van der Waals surface area contributed by atoms with Crippen LogP contribution in [0.25, 0.3) is 0 Å². The second-order valence-corrected chi connectivity index (χ2v) is 7.24. The normalized spacial score (nSPS) is 12.0. The quantitative estimate of drug-likeness (QED) is 0.642. The van der Waals surface area contributed by atoms with Crippen molar-refractivity contribution in [3.05, 3.63) is 29.3 Å². The molecule has 2 amide bonds. The van der Waals surface area contributed by atoms with Gasteiger partial charge in [-0.05, 0) is 50.4 Å². The summed E-state index contributed by atoms with van der Waals surface area (Å²) in [5.41, 5.74) is 2.88. The number of esters is 1. The Labute approximate surface area is 161 Å². The number of rotatable bonds is 9. The fraction of sp³-hybridized carbons (Fsp3) is 0.550. The molecule has 1 atom stereocenters. The number of anilines is 1. The number of carbonyl (C=O) groups excluding carboxylic acids is 3. The highest BCUT2D eigenvalue weighted by molar-refractivity contribution is 5.93. The van der Waals surface area contributed by atoms with Gasteiger partial charge in [-0.1, -0.05) is 26.0 Å². The highest BCUT2D eigenvalue weighted by Gasteiger charge is 2.23. The SMILES string of the molecule is COC(=O)[C@H](CC(C)C)NC(=O)CN(C)CC(=O)Nc1cccc(C)c1C. The van der Waals surface area contributed by atoms with Gasteiger partial charge in [0.2, 0.25) is 11.8 Å². The molecule has 1 aromatic rings. The Kier molecular flexibility index (Phi) is 8.94. The van der Waals surface area contributed by atoms with Crippen LogP contribution in [0.3, 0.4) is 0 Å². The van der Waals surface area contributed by atoms with E-state index in [9.17, 15) is 14.4 Å². The maximum absolute atomic E-state index is 12.2. The Morgan fingerprint density at radius 3 is 2.33 bits per heavy atom. The van der Waals surface area contributed by atoms with Gasteiger partial charge < -0.3 is 15.4 Å². The van der Waals surface area contributed by atoms with Gasteiger partial charge in [-0.25, -0.2) is 4.79 Å². The third-order valence-electron chi connectivity index (χ3n) is 4.23. The molecule has 0 radical (unpaired) electrons. The topological polar surface area (TPSA) is 87.7 Å². The maximum Gasteiger partial charge on any atom is 0.328 e. The number of likely N-dealkylation sites (N-methyl/N-ethyl adjacent to an activating group) is 1. The molecule has 0 bridgehead atoms. The molecule has 0 aromatic heterocycles. The minimum Gasteiger partial charge on any atom is -0.467 e. The zero-order valence-electron chi connectivity index (χ0n) is 17.1. The van der Waals surface area contributed by atoms with Crippen molar-refractivity contribution in [1.29, 1.82) is 0 Å². The average molecular weight is 377 g/mol. The van der Waals surface area contributed by atoms with E-state index in [1.165, 1.54) is 7.11 Å². The summed E-state index contributed by atoms with van der Waals surface area (Å²) in [7, 11) is 2.98. The van der Waals surface area contributed by atoms with Gasteiger partial charge in [-0.2, -0.15) is 0 Å². The van der Waals surface area contributed by atoms with Crippen LogP contribution in [-0.4, -0.2) is 56.0 Å². The van der Waals surface area contributed by atoms with Crippen LogP contribution in [0.4, 0.5) is 5.69 Å². The van der Waals surface area contributed by atoms with Gasteiger partial charge in [0.05, 0.1) is 20.2 Å². The van der Waals surface area contributed by atoms with E-state index in [0.29, 0.717) is 6.42 Å². The number of nitrogens with zero attached hydrogens (tertiary/aromatic N) is 1. The van der Waals surface area contributed by atoms with Crippen molar-refractivity contribution in [1.82, 2.24) is 10.2 Å². The number of hydrogen-bond acceptors (Lipinski definition) is 5. The first-order valence-corrected chi connectivity index (χ1v) is 9.05. The van der Waals surface area contributed by atoms with Crippen molar-refractivity contribution >= 4 is 23.5 Å². The fourth-order valence-corrected chi connectivity index (χ4v) is 2.69. The number of hydrogen-bond donors (Lipinski definition) is 2. The molecule has 150 valence electrons. The Morgan fingerprint density at radius 2 is 1.74 bits per heavy atom. The van der Waals surface area contributed by atoms with E-state index in [-0.39, 0.29) is 30.8 Å². The molecule has 0 heterocycles. The van der Waals surface area contributed by atoms with E-state index >= 15 is 0 Å². The molecule has 0 spiro atoms. The largest absolute Gasteiger partial charge is 0.467 e. The molecular formula is C20H31N3O4. The Balaban J connectivity index is 2.55. The second kappa shape index (κ2) is 10.7. The lowest BCUT2D eigenvalue weighted by molar-refractivity contribution is -0.145. The van der Waals surface area contributed by atoms with Gasteiger partial charge in [-0.15, -0.1) is 0 Å². The summed E-state index contributed by atoms with van der Waals surface area (Å²) in [6.45, 7) is 7.93. The second-order valence-electron chi connectivity index (χ2n) is 7.24. The number of amides is 2. The zero-order valence-corrected chi connectivity index (χ0v) is 17.1. The lowest BCUT2D eigenvalue weighted by Gasteiger charge is -2.21. The monoisotopic (exact) mass is 377 g/mol. The summed E-state index contributed by atoms with van der Waals surface area (Å²) < 4.78 is 4.74. The van der Waals surface area contributed by atoms with Crippen LogP contribution in [0.1, 0.15) is 31.4 Å². The summed E-state index contributed by atoms with van der Waals surface area (Å²) in [4.78, 5) is 37.8. The highest BCUT2D eigenvalue weighted by atomic mass is 16.5. The van der Waals surface area contributed by atoms with Crippen LogP contribution < -0.4 is 10.6 Å². The number of ether oxygens (including phenoxy) is 1. The zero-order chi connectivity index (χ0) is 20.6. The van der Waals surface area contributed by atoms with E-state index in [0.717, 1.165) is 16.8 Å². The van der Waals surface area contributed by atoms with Crippen molar-refractivity contribution in [2.75, 3.05) is 32.6 Å². The van der Waals surface area contributed by atoms with Crippen molar-refractivity contribution in [2.45, 2.75) is 40.2 Å². The average Bonchev–Trinajstić information content (AvgIpc) is 2.56. The molecule has 7 nitrogen and oxygen atoms in total. The summed E-state index contributed by atoms with van der Waals surface area (Å²) in [5.74, 6) is -0.762. The van der Waals surface area contributed by atoms with Crippen molar-refractivity contribution < 1.29 is 19.1 Å². The molecule has 0 unspecified atom stereocenters. The van der Waals surface area contributed by atoms with Crippen LogP contribution in [-0.2, 0) is 19.1 Å². The van der Waals surface area contributed by atoms with Gasteiger partial charge in [-0.3, -0.25) is 14.5 Å². The Hall–Kier alpha value is -2.41. The van der Waals surface area contributed by atoms with Crippen LogP contribution in [0.5, 0.6) is 0 Å².